The summed E-state index contributed by atoms with van der Waals surface area (Å²) in [7, 11) is 0. The van der Waals surface area contributed by atoms with Gasteiger partial charge in [-0.25, -0.2) is 4.98 Å². The van der Waals surface area contributed by atoms with Crippen molar-refractivity contribution in [1.82, 2.24) is 14.9 Å². The Morgan fingerprint density at radius 1 is 0.635 bits per heavy atom. The van der Waals surface area contributed by atoms with E-state index in [1.54, 1.807) is 6.33 Å². The van der Waals surface area contributed by atoms with Gasteiger partial charge in [-0.1, -0.05) is 140 Å². The van der Waals surface area contributed by atoms with Crippen LogP contribution in [0, 0.1) is 0 Å². The lowest BCUT2D eigenvalue weighted by molar-refractivity contribution is -0.185. The zero-order chi connectivity index (χ0) is 36.6. The van der Waals surface area contributed by atoms with Crippen molar-refractivity contribution in [3.8, 4) is 0 Å². The molecule has 0 saturated carbocycles. The fourth-order valence-electron chi connectivity index (χ4n) is 7.82. The molecule has 52 heavy (non-hydrogen) atoms. The van der Waals surface area contributed by atoms with E-state index >= 15 is 0 Å². The number of aromatic amines is 1. The van der Waals surface area contributed by atoms with Crippen molar-refractivity contribution in [3.63, 3.8) is 0 Å². The van der Waals surface area contributed by atoms with Gasteiger partial charge in [0.2, 0.25) is 0 Å². The summed E-state index contributed by atoms with van der Waals surface area (Å²) in [6.45, 7) is 7.69. The Hall–Kier alpha value is -1.95. The Kier molecular flexibility index (Phi) is 26.0. The molecule has 1 N–H and O–H groups in total. The number of ether oxygens (including phenoxy) is 2. The van der Waals surface area contributed by atoms with Crippen LogP contribution in [0.15, 0.2) is 61.1 Å². The van der Waals surface area contributed by atoms with Crippen LogP contribution in [0.5, 0.6) is 0 Å². The number of likely N-dealkylation sites (tertiary alicyclic amines) is 1. The summed E-state index contributed by atoms with van der Waals surface area (Å²) >= 11 is 0. The second-order valence-electron chi connectivity index (χ2n) is 15.8. The Morgan fingerprint density at radius 2 is 1.12 bits per heavy atom. The van der Waals surface area contributed by atoms with E-state index in [-0.39, 0.29) is 18.0 Å². The fraction of sp³-hybridized carbons (Fsp3) is 0.766. The minimum Gasteiger partial charge on any atom is -0.348 e. The number of piperidine rings is 1. The molecule has 5 nitrogen and oxygen atoms in total. The van der Waals surface area contributed by atoms with Gasteiger partial charge in [0, 0.05) is 50.8 Å². The van der Waals surface area contributed by atoms with Gasteiger partial charge in [0.1, 0.15) is 0 Å². The van der Waals surface area contributed by atoms with Crippen molar-refractivity contribution < 1.29 is 9.47 Å². The molecule has 3 heterocycles. The molecule has 2 aliphatic rings. The smallest absolute Gasteiger partial charge is 0.169 e. The molecule has 0 unspecified atom stereocenters. The van der Waals surface area contributed by atoms with Gasteiger partial charge in [-0.3, -0.25) is 0 Å². The second-order valence-corrected chi connectivity index (χ2v) is 15.8. The molecule has 2 saturated heterocycles. The monoisotopic (exact) mass is 720 g/mol. The maximum Gasteiger partial charge on any atom is 0.169 e. The molecule has 5 heteroatoms. The normalized spacial score (nSPS) is 19.3. The zero-order valence-electron chi connectivity index (χ0n) is 34.1. The van der Waals surface area contributed by atoms with Crippen LogP contribution in [0.3, 0.4) is 0 Å². The summed E-state index contributed by atoms with van der Waals surface area (Å²) in [4.78, 5) is 10.0. The van der Waals surface area contributed by atoms with Crippen molar-refractivity contribution >= 4 is 0 Å². The van der Waals surface area contributed by atoms with Crippen LogP contribution in [0.4, 0.5) is 0 Å². The number of hydrogen-bond acceptors (Lipinski definition) is 4. The van der Waals surface area contributed by atoms with Crippen molar-refractivity contribution in [2.24, 2.45) is 0 Å². The number of H-pyrrole nitrogens is 1. The first-order valence-electron chi connectivity index (χ1n) is 22.4. The minimum atomic E-state index is -0.362. The Bertz CT molecular complexity index is 1010. The van der Waals surface area contributed by atoms with E-state index in [0.717, 1.165) is 58.2 Å². The van der Waals surface area contributed by atoms with Gasteiger partial charge in [0.15, 0.2) is 5.79 Å². The number of nitrogens with zero attached hydrogens (tertiary/aromatic N) is 2. The molecule has 2 atom stereocenters. The lowest BCUT2D eigenvalue weighted by atomic mass is 9.98. The average Bonchev–Trinajstić information content (AvgIpc) is 3.81. The SMILES string of the molecule is CCCCC/C=C\C/C=C\CCCCCCCCC1(CCCCCCCC/C=C\C/C=C\CCCCC)O[C@H]2CCN(CCc3cnc[nH]3)C[C@H]2O1. The number of allylic oxidation sites excluding steroid dienone is 8. The molecule has 0 aliphatic carbocycles. The van der Waals surface area contributed by atoms with E-state index in [0.29, 0.717) is 0 Å². The third-order valence-corrected chi connectivity index (χ3v) is 11.1. The van der Waals surface area contributed by atoms with Gasteiger partial charge < -0.3 is 19.4 Å². The highest BCUT2D eigenvalue weighted by Gasteiger charge is 2.48. The van der Waals surface area contributed by atoms with Crippen molar-refractivity contribution in [1.29, 1.82) is 0 Å². The topological polar surface area (TPSA) is 50.4 Å². The van der Waals surface area contributed by atoms with Crippen LogP contribution in [-0.2, 0) is 15.9 Å². The molecule has 1 aromatic rings. The molecule has 3 rings (SSSR count). The summed E-state index contributed by atoms with van der Waals surface area (Å²) in [6, 6.07) is 0. The first kappa shape index (κ1) is 44.4. The number of nitrogens with one attached hydrogen (secondary N) is 1. The maximum atomic E-state index is 6.96. The van der Waals surface area contributed by atoms with E-state index in [4.69, 9.17) is 9.47 Å². The zero-order valence-corrected chi connectivity index (χ0v) is 34.1. The van der Waals surface area contributed by atoms with Crippen LogP contribution in [0.1, 0.15) is 193 Å². The number of rotatable bonds is 33. The Morgan fingerprint density at radius 3 is 1.62 bits per heavy atom. The van der Waals surface area contributed by atoms with E-state index in [2.05, 4.69) is 77.3 Å². The van der Waals surface area contributed by atoms with Crippen molar-refractivity contribution in [2.75, 3.05) is 19.6 Å². The van der Waals surface area contributed by atoms with E-state index in [1.807, 2.05) is 6.20 Å². The Balaban J connectivity index is 1.29. The number of aromatic nitrogens is 2. The number of fused-ring (bicyclic) bond motifs is 1. The predicted molar refractivity (Wildman–Crippen MR) is 224 cm³/mol. The molecular formula is C47H81N3O2. The lowest BCUT2D eigenvalue weighted by Crippen LogP contribution is -2.45. The molecule has 2 aliphatic heterocycles. The molecule has 0 spiro atoms. The third-order valence-electron chi connectivity index (χ3n) is 11.1. The van der Waals surface area contributed by atoms with E-state index < -0.39 is 0 Å². The highest BCUT2D eigenvalue weighted by molar-refractivity contribution is 4.97. The number of unbranched alkanes of at least 4 members (excludes halogenated alkanes) is 18. The van der Waals surface area contributed by atoms with Gasteiger partial charge in [0.05, 0.1) is 18.5 Å². The fourth-order valence-corrected chi connectivity index (χ4v) is 7.82. The van der Waals surface area contributed by atoms with Crippen LogP contribution >= 0.6 is 0 Å². The maximum absolute atomic E-state index is 6.96. The third kappa shape index (κ3) is 21.1. The molecule has 0 amide bonds. The first-order chi connectivity index (χ1) is 25.7. The molecule has 296 valence electrons. The lowest BCUT2D eigenvalue weighted by Gasteiger charge is -2.32. The van der Waals surface area contributed by atoms with Crippen molar-refractivity contribution in [3.05, 3.63) is 66.8 Å². The second kappa shape index (κ2) is 30.4. The highest BCUT2D eigenvalue weighted by Crippen LogP contribution is 2.40. The molecule has 0 aromatic carbocycles. The summed E-state index contributed by atoms with van der Waals surface area (Å²) < 4.78 is 13.9. The molecule has 2 fully saturated rings. The van der Waals surface area contributed by atoms with Crippen LogP contribution in [0.25, 0.3) is 0 Å². The van der Waals surface area contributed by atoms with Crippen LogP contribution in [-0.4, -0.2) is 52.5 Å². The quantitative estimate of drug-likeness (QED) is 0.0580. The summed E-state index contributed by atoms with van der Waals surface area (Å²) in [6.07, 6.45) is 58.1. The standard InChI is InChI=1S/C47H81N3O2/c1-3-5-7-9-11-13-15-17-19-21-23-25-27-29-31-33-37-47(38-34-32-30-28-26-24-22-20-18-16-14-12-10-8-6-4-2)51-45-36-40-50(42-46(45)52-47)39-35-44-41-48-43-49-44/h11-14,17-20,41,43,45-46H,3-10,15-16,21-40,42H2,1-2H3,(H,48,49)/b13-11-,14-12-,19-17-,20-18-/t45-,46+/m0/s1. The molecule has 0 radical (unpaired) electrons. The summed E-state index contributed by atoms with van der Waals surface area (Å²) in [5, 5.41) is 0. The van der Waals surface area contributed by atoms with Gasteiger partial charge >= 0.3 is 0 Å². The summed E-state index contributed by atoms with van der Waals surface area (Å²) in [5.74, 6) is -0.362. The number of imidazole rings is 1. The van der Waals surface area contributed by atoms with Gasteiger partial charge in [-0.05, 0) is 83.5 Å². The largest absolute Gasteiger partial charge is 0.348 e. The van der Waals surface area contributed by atoms with E-state index in [1.165, 1.54) is 147 Å². The highest BCUT2D eigenvalue weighted by atomic mass is 16.8. The molecule has 0 bridgehead atoms. The van der Waals surface area contributed by atoms with Gasteiger partial charge in [0.25, 0.3) is 0 Å². The van der Waals surface area contributed by atoms with Gasteiger partial charge in [-0.2, -0.15) is 0 Å². The van der Waals surface area contributed by atoms with Crippen molar-refractivity contribution in [2.45, 2.75) is 212 Å². The summed E-state index contributed by atoms with van der Waals surface area (Å²) in [5.41, 5.74) is 1.22. The van der Waals surface area contributed by atoms with Crippen LogP contribution in [0.2, 0.25) is 0 Å². The average molecular weight is 720 g/mol. The predicted octanol–water partition coefficient (Wildman–Crippen LogP) is 13.5. The first-order valence-corrected chi connectivity index (χ1v) is 22.4. The number of hydrogen-bond donors (Lipinski definition) is 1. The van der Waals surface area contributed by atoms with Crippen LogP contribution < -0.4 is 0 Å². The minimum absolute atomic E-state index is 0.213. The molecular weight excluding hydrogens is 639 g/mol. The van der Waals surface area contributed by atoms with Gasteiger partial charge in [-0.15, -0.1) is 0 Å². The molecule has 1 aromatic heterocycles. The van der Waals surface area contributed by atoms with E-state index in [9.17, 15) is 0 Å². The Labute approximate surface area is 321 Å².